The smallest absolute Gasteiger partial charge is 0.171 e. The fourth-order valence-corrected chi connectivity index (χ4v) is 3.13. The Hall–Kier alpha value is -1.43. The van der Waals surface area contributed by atoms with Crippen LogP contribution in [0.3, 0.4) is 0 Å². The summed E-state index contributed by atoms with van der Waals surface area (Å²) in [5, 5.41) is 11.6. The van der Waals surface area contributed by atoms with Crippen molar-refractivity contribution < 1.29 is 5.21 Å². The highest BCUT2D eigenvalue weighted by Crippen LogP contribution is 2.31. The molecule has 0 radical (unpaired) electrons. The third-order valence-corrected chi connectivity index (χ3v) is 4.69. The Morgan fingerprint density at radius 2 is 2.26 bits per heavy atom. The molecule has 1 aliphatic heterocycles. The van der Waals surface area contributed by atoms with Crippen molar-refractivity contribution in [1.82, 2.24) is 4.98 Å². The molecule has 0 atom stereocenters. The van der Waals surface area contributed by atoms with Crippen molar-refractivity contribution in [3.63, 3.8) is 0 Å². The fraction of sp³-hybridized carbons (Fsp3) is 0.538. The topological polar surface area (TPSA) is 74.7 Å². The molecular weight excluding hydrogens is 260 g/mol. The number of hydrogen-bond acceptors (Lipinski definition) is 5. The number of nitrogens with two attached hydrogens (primary N) is 1. The zero-order valence-corrected chi connectivity index (χ0v) is 12.2. The Balaban J connectivity index is 2.10. The highest BCUT2D eigenvalue weighted by Gasteiger charge is 2.24. The van der Waals surface area contributed by atoms with Crippen LogP contribution >= 0.6 is 11.8 Å². The van der Waals surface area contributed by atoms with E-state index in [2.05, 4.69) is 28.9 Å². The van der Waals surface area contributed by atoms with Gasteiger partial charge in [0.05, 0.1) is 0 Å². The third kappa shape index (κ3) is 3.53. The standard InChI is InChI=1S/C13H20N4OS/c1-13(2)5-6-17(7-8-19-13)11-4-3-10(9-15-11)12(14)16-18/h3-4,9,18H,5-8H2,1-2H3,(H2,14,16). The first-order chi connectivity index (χ1) is 9.02. The van der Waals surface area contributed by atoms with E-state index >= 15 is 0 Å². The lowest BCUT2D eigenvalue weighted by molar-refractivity contribution is 0.318. The van der Waals surface area contributed by atoms with E-state index in [1.54, 1.807) is 6.20 Å². The molecule has 6 heteroatoms. The van der Waals surface area contributed by atoms with Gasteiger partial charge in [-0.25, -0.2) is 4.98 Å². The molecule has 1 aromatic rings. The molecule has 0 bridgehead atoms. The predicted molar refractivity (Wildman–Crippen MR) is 80.1 cm³/mol. The molecule has 1 saturated heterocycles. The first-order valence-corrected chi connectivity index (χ1v) is 7.33. The molecule has 1 aromatic heterocycles. The second-order valence-electron chi connectivity index (χ2n) is 5.24. The minimum atomic E-state index is 0.0894. The van der Waals surface area contributed by atoms with Crippen LogP contribution < -0.4 is 10.6 Å². The van der Waals surface area contributed by atoms with E-state index < -0.39 is 0 Å². The molecule has 1 aliphatic rings. The Labute approximate surface area is 117 Å². The van der Waals surface area contributed by atoms with Crippen LogP contribution in [0.2, 0.25) is 0 Å². The lowest BCUT2D eigenvalue weighted by Gasteiger charge is -2.23. The van der Waals surface area contributed by atoms with Crippen molar-refractivity contribution in [3.8, 4) is 0 Å². The Bertz CT molecular complexity index is 458. The highest BCUT2D eigenvalue weighted by atomic mass is 32.2. The number of anilines is 1. The van der Waals surface area contributed by atoms with E-state index in [0.29, 0.717) is 10.3 Å². The summed E-state index contributed by atoms with van der Waals surface area (Å²) in [5.74, 6) is 2.15. The van der Waals surface area contributed by atoms with Gasteiger partial charge < -0.3 is 15.8 Å². The SMILES string of the molecule is CC1(C)CCN(c2ccc(/C(N)=N/O)cn2)CCS1. The molecule has 0 saturated carbocycles. The normalized spacial score (nSPS) is 20.1. The van der Waals surface area contributed by atoms with Crippen molar-refractivity contribution in [2.75, 3.05) is 23.7 Å². The van der Waals surface area contributed by atoms with Crippen molar-refractivity contribution in [2.45, 2.75) is 25.0 Å². The van der Waals surface area contributed by atoms with Gasteiger partial charge in [-0.15, -0.1) is 0 Å². The molecule has 19 heavy (non-hydrogen) atoms. The van der Waals surface area contributed by atoms with E-state index in [4.69, 9.17) is 10.9 Å². The number of hydrogen-bond donors (Lipinski definition) is 2. The van der Waals surface area contributed by atoms with Crippen LogP contribution in [0.25, 0.3) is 0 Å². The van der Waals surface area contributed by atoms with E-state index in [-0.39, 0.29) is 5.84 Å². The van der Waals surface area contributed by atoms with Crippen LogP contribution in [-0.2, 0) is 0 Å². The van der Waals surface area contributed by atoms with Crippen molar-refractivity contribution in [3.05, 3.63) is 23.9 Å². The molecule has 0 unspecified atom stereocenters. The zero-order chi connectivity index (χ0) is 13.9. The molecule has 1 fully saturated rings. The molecule has 104 valence electrons. The number of nitrogens with zero attached hydrogens (tertiary/aromatic N) is 3. The molecule has 2 heterocycles. The number of amidine groups is 1. The highest BCUT2D eigenvalue weighted by molar-refractivity contribution is 8.00. The van der Waals surface area contributed by atoms with Crippen LogP contribution in [0, 0.1) is 0 Å². The van der Waals surface area contributed by atoms with E-state index in [9.17, 15) is 0 Å². The number of thioether (sulfide) groups is 1. The molecule has 5 nitrogen and oxygen atoms in total. The van der Waals surface area contributed by atoms with E-state index in [1.807, 2.05) is 23.9 Å². The van der Waals surface area contributed by atoms with Crippen LogP contribution in [0.4, 0.5) is 5.82 Å². The van der Waals surface area contributed by atoms with Gasteiger partial charge in [-0.1, -0.05) is 19.0 Å². The summed E-state index contributed by atoms with van der Waals surface area (Å²) in [6.07, 6.45) is 2.79. The van der Waals surface area contributed by atoms with Gasteiger partial charge in [-0.3, -0.25) is 0 Å². The Morgan fingerprint density at radius 3 is 2.89 bits per heavy atom. The van der Waals surface area contributed by atoms with Gasteiger partial charge in [0, 0.05) is 35.3 Å². The number of pyridine rings is 1. The molecular formula is C13H20N4OS. The summed E-state index contributed by atoms with van der Waals surface area (Å²) >= 11 is 2.01. The molecule has 0 amide bonds. The monoisotopic (exact) mass is 280 g/mol. The van der Waals surface area contributed by atoms with E-state index in [0.717, 1.165) is 31.1 Å². The van der Waals surface area contributed by atoms with Crippen molar-refractivity contribution in [2.24, 2.45) is 10.9 Å². The minimum absolute atomic E-state index is 0.0894. The predicted octanol–water partition coefficient (Wildman–Crippen LogP) is 1.90. The number of rotatable bonds is 2. The summed E-state index contributed by atoms with van der Waals surface area (Å²) in [4.78, 5) is 6.70. The number of aromatic nitrogens is 1. The maximum atomic E-state index is 8.62. The quantitative estimate of drug-likeness (QED) is 0.374. The van der Waals surface area contributed by atoms with Crippen molar-refractivity contribution >= 4 is 23.4 Å². The second kappa shape index (κ2) is 5.69. The minimum Gasteiger partial charge on any atom is -0.409 e. The largest absolute Gasteiger partial charge is 0.409 e. The third-order valence-electron chi connectivity index (χ3n) is 3.31. The first kappa shape index (κ1) is 14.0. The summed E-state index contributed by atoms with van der Waals surface area (Å²) in [6.45, 7) is 6.59. The van der Waals surface area contributed by atoms with Gasteiger partial charge in [-0.05, 0) is 18.6 Å². The Kier molecular flexibility index (Phi) is 4.19. The van der Waals surface area contributed by atoms with Gasteiger partial charge in [-0.2, -0.15) is 11.8 Å². The molecule has 3 N–H and O–H groups in total. The van der Waals surface area contributed by atoms with Gasteiger partial charge >= 0.3 is 0 Å². The van der Waals surface area contributed by atoms with Crippen LogP contribution in [0.15, 0.2) is 23.5 Å². The maximum Gasteiger partial charge on any atom is 0.171 e. The summed E-state index contributed by atoms with van der Waals surface area (Å²) in [7, 11) is 0. The van der Waals surface area contributed by atoms with E-state index in [1.165, 1.54) is 0 Å². The van der Waals surface area contributed by atoms with Crippen LogP contribution in [0.1, 0.15) is 25.8 Å². The van der Waals surface area contributed by atoms with Gasteiger partial charge in [0.15, 0.2) is 5.84 Å². The van der Waals surface area contributed by atoms with Crippen molar-refractivity contribution in [1.29, 1.82) is 0 Å². The van der Waals surface area contributed by atoms with Gasteiger partial charge in [0.25, 0.3) is 0 Å². The summed E-state index contributed by atoms with van der Waals surface area (Å²) in [6, 6.07) is 3.76. The summed E-state index contributed by atoms with van der Waals surface area (Å²) in [5.41, 5.74) is 6.16. The van der Waals surface area contributed by atoms with Crippen LogP contribution in [-0.4, -0.2) is 39.6 Å². The Morgan fingerprint density at radius 1 is 1.47 bits per heavy atom. The van der Waals surface area contributed by atoms with Gasteiger partial charge in [0.1, 0.15) is 5.82 Å². The lowest BCUT2D eigenvalue weighted by atomic mass is 10.1. The molecule has 0 aromatic carbocycles. The maximum absolute atomic E-state index is 8.62. The second-order valence-corrected chi connectivity index (χ2v) is 7.04. The zero-order valence-electron chi connectivity index (χ0n) is 11.3. The van der Waals surface area contributed by atoms with Crippen LogP contribution in [0.5, 0.6) is 0 Å². The average molecular weight is 280 g/mol. The number of oxime groups is 1. The average Bonchev–Trinajstić information content (AvgIpc) is 2.59. The van der Waals surface area contributed by atoms with Gasteiger partial charge in [0.2, 0.25) is 0 Å². The molecule has 0 spiro atoms. The molecule has 2 rings (SSSR count). The first-order valence-electron chi connectivity index (χ1n) is 6.35. The molecule has 0 aliphatic carbocycles. The summed E-state index contributed by atoms with van der Waals surface area (Å²) < 4.78 is 0.336. The fourth-order valence-electron chi connectivity index (χ4n) is 2.03. The lowest BCUT2D eigenvalue weighted by Crippen LogP contribution is -2.27.